The second kappa shape index (κ2) is 7.11. The van der Waals surface area contributed by atoms with Crippen molar-refractivity contribution in [3.8, 4) is 0 Å². The highest BCUT2D eigenvalue weighted by atomic mass is 16.5. The monoisotopic (exact) mass is 265 g/mol. The first-order chi connectivity index (χ1) is 9.20. The van der Waals surface area contributed by atoms with E-state index in [1.54, 1.807) is 0 Å². The highest BCUT2D eigenvalue weighted by Crippen LogP contribution is 2.28. The van der Waals surface area contributed by atoms with Gasteiger partial charge >= 0.3 is 0 Å². The van der Waals surface area contributed by atoms with Gasteiger partial charge in [-0.1, -0.05) is 6.92 Å². The van der Waals surface area contributed by atoms with Gasteiger partial charge in [0, 0.05) is 18.2 Å². The Morgan fingerprint density at radius 2 is 2.26 bits per heavy atom. The number of aryl methyl sites for hydroxylation is 2. The smallest absolute Gasteiger partial charge is 0.105 e. The predicted molar refractivity (Wildman–Crippen MR) is 77.4 cm³/mol. The molecule has 0 spiro atoms. The Hall–Kier alpha value is -0.800. The maximum absolute atomic E-state index is 5.73. The van der Waals surface area contributed by atoms with Crippen LogP contribution in [0.25, 0.3) is 0 Å². The fourth-order valence-corrected chi connectivity index (χ4v) is 2.91. The summed E-state index contributed by atoms with van der Waals surface area (Å²) in [4.78, 5) is 0. The van der Waals surface area contributed by atoms with Gasteiger partial charge in [0.15, 0.2) is 0 Å². The molecule has 2 unspecified atom stereocenters. The van der Waals surface area contributed by atoms with E-state index >= 15 is 0 Å². The molecule has 1 aliphatic heterocycles. The Morgan fingerprint density at radius 1 is 1.42 bits per heavy atom. The number of nitrogens with one attached hydrogen (secondary N) is 1. The third kappa shape index (κ3) is 4.08. The molecular weight excluding hydrogens is 238 g/mol. The first-order valence-electron chi connectivity index (χ1n) is 7.62. The topological polar surface area (TPSA) is 34.4 Å². The van der Waals surface area contributed by atoms with Crippen LogP contribution in [-0.4, -0.2) is 19.3 Å². The van der Waals surface area contributed by atoms with Crippen molar-refractivity contribution in [3.63, 3.8) is 0 Å². The zero-order chi connectivity index (χ0) is 13.7. The van der Waals surface area contributed by atoms with Crippen LogP contribution in [0.4, 0.5) is 0 Å². The quantitative estimate of drug-likeness (QED) is 0.812. The van der Waals surface area contributed by atoms with Gasteiger partial charge in [0.25, 0.3) is 0 Å². The summed E-state index contributed by atoms with van der Waals surface area (Å²) in [5.41, 5.74) is 1.32. The summed E-state index contributed by atoms with van der Waals surface area (Å²) in [7, 11) is 0. The van der Waals surface area contributed by atoms with Crippen molar-refractivity contribution in [3.05, 3.63) is 23.2 Å². The molecule has 3 heteroatoms. The summed E-state index contributed by atoms with van der Waals surface area (Å²) in [6, 6.07) is 2.58. The molecule has 1 N–H and O–H groups in total. The number of rotatable bonds is 7. The van der Waals surface area contributed by atoms with E-state index < -0.39 is 0 Å². The highest BCUT2D eigenvalue weighted by Gasteiger charge is 2.21. The lowest BCUT2D eigenvalue weighted by Crippen LogP contribution is -2.23. The Bertz CT molecular complexity index is 380. The summed E-state index contributed by atoms with van der Waals surface area (Å²) in [6.07, 6.45) is 6.35. The summed E-state index contributed by atoms with van der Waals surface area (Å²) >= 11 is 0. The molecule has 2 atom stereocenters. The normalized spacial score (nSPS) is 20.9. The summed E-state index contributed by atoms with van der Waals surface area (Å²) in [6.45, 7) is 8.29. The van der Waals surface area contributed by atoms with Crippen molar-refractivity contribution in [1.29, 1.82) is 0 Å². The molecule has 0 radical (unpaired) electrons. The van der Waals surface area contributed by atoms with E-state index in [1.165, 1.54) is 18.4 Å². The first-order valence-corrected chi connectivity index (χ1v) is 7.62. The highest BCUT2D eigenvalue weighted by molar-refractivity contribution is 5.24. The molecule has 1 saturated heterocycles. The van der Waals surface area contributed by atoms with Crippen LogP contribution in [0, 0.1) is 13.8 Å². The predicted octanol–water partition coefficient (Wildman–Crippen LogP) is 3.90. The fourth-order valence-electron chi connectivity index (χ4n) is 2.91. The van der Waals surface area contributed by atoms with E-state index in [-0.39, 0.29) is 0 Å². The van der Waals surface area contributed by atoms with Crippen molar-refractivity contribution in [1.82, 2.24) is 5.32 Å². The second-order valence-electron chi connectivity index (χ2n) is 5.59. The first kappa shape index (κ1) is 14.6. The van der Waals surface area contributed by atoms with Crippen molar-refractivity contribution < 1.29 is 9.15 Å². The van der Waals surface area contributed by atoms with Gasteiger partial charge < -0.3 is 14.5 Å². The molecule has 0 saturated carbocycles. The van der Waals surface area contributed by atoms with Crippen molar-refractivity contribution in [2.45, 2.75) is 65.0 Å². The number of ether oxygens (including phenoxy) is 1. The van der Waals surface area contributed by atoms with Crippen molar-refractivity contribution >= 4 is 0 Å². The molecule has 1 aromatic rings. The lowest BCUT2D eigenvalue weighted by Gasteiger charge is -2.20. The maximum Gasteiger partial charge on any atom is 0.105 e. The Labute approximate surface area is 116 Å². The average Bonchev–Trinajstić information content (AvgIpc) is 3.00. The minimum Gasteiger partial charge on any atom is -0.466 e. The van der Waals surface area contributed by atoms with Gasteiger partial charge in [0.2, 0.25) is 0 Å². The van der Waals surface area contributed by atoms with E-state index in [9.17, 15) is 0 Å². The number of hydrogen-bond acceptors (Lipinski definition) is 3. The number of furan rings is 1. The Kier molecular flexibility index (Phi) is 5.46. The zero-order valence-corrected chi connectivity index (χ0v) is 12.5. The molecule has 1 fully saturated rings. The third-order valence-electron chi connectivity index (χ3n) is 3.90. The summed E-state index contributed by atoms with van der Waals surface area (Å²) in [5.74, 6) is 2.06. The largest absolute Gasteiger partial charge is 0.466 e. The van der Waals surface area contributed by atoms with Crippen molar-refractivity contribution in [2.24, 2.45) is 0 Å². The molecule has 2 heterocycles. The van der Waals surface area contributed by atoms with Crippen LogP contribution in [0.2, 0.25) is 0 Å². The second-order valence-corrected chi connectivity index (χ2v) is 5.59. The number of hydrogen-bond donors (Lipinski definition) is 1. The molecular formula is C16H27NO2. The van der Waals surface area contributed by atoms with Crippen LogP contribution < -0.4 is 5.32 Å². The Morgan fingerprint density at radius 3 is 2.84 bits per heavy atom. The van der Waals surface area contributed by atoms with Gasteiger partial charge in [-0.25, -0.2) is 0 Å². The molecule has 1 aliphatic rings. The maximum atomic E-state index is 5.73. The van der Waals surface area contributed by atoms with Gasteiger partial charge in [-0.3, -0.25) is 0 Å². The van der Waals surface area contributed by atoms with E-state index in [0.717, 1.165) is 43.9 Å². The Balaban J connectivity index is 1.96. The van der Waals surface area contributed by atoms with E-state index in [4.69, 9.17) is 9.15 Å². The fraction of sp³-hybridized carbons (Fsp3) is 0.750. The van der Waals surface area contributed by atoms with Crippen LogP contribution in [0.3, 0.4) is 0 Å². The van der Waals surface area contributed by atoms with E-state index in [0.29, 0.717) is 12.1 Å². The molecule has 0 aromatic carbocycles. The molecule has 0 bridgehead atoms. The lowest BCUT2D eigenvalue weighted by molar-refractivity contribution is 0.0995. The van der Waals surface area contributed by atoms with Crippen LogP contribution in [0.5, 0.6) is 0 Å². The summed E-state index contributed by atoms with van der Waals surface area (Å²) < 4.78 is 11.4. The van der Waals surface area contributed by atoms with Gasteiger partial charge in [-0.2, -0.15) is 0 Å². The summed E-state index contributed by atoms with van der Waals surface area (Å²) in [5, 5.41) is 3.65. The SMILES string of the molecule is CCCNC(CCC1CCCO1)c1cc(C)oc1C. The molecule has 3 nitrogen and oxygen atoms in total. The minimum atomic E-state index is 0.404. The van der Waals surface area contributed by atoms with Gasteiger partial charge in [-0.15, -0.1) is 0 Å². The van der Waals surface area contributed by atoms with E-state index in [1.807, 2.05) is 6.92 Å². The molecule has 1 aromatic heterocycles. The van der Waals surface area contributed by atoms with Crippen molar-refractivity contribution in [2.75, 3.05) is 13.2 Å². The van der Waals surface area contributed by atoms with Crippen LogP contribution in [0.1, 0.15) is 62.2 Å². The van der Waals surface area contributed by atoms with Crippen LogP contribution in [0.15, 0.2) is 10.5 Å². The standard InChI is InChI=1S/C16H27NO2/c1-4-9-17-16(8-7-14-6-5-10-18-14)15-11-12(2)19-13(15)3/h11,14,16-17H,4-10H2,1-3H3. The molecule has 0 aliphatic carbocycles. The van der Waals surface area contributed by atoms with Gasteiger partial charge in [0.05, 0.1) is 6.10 Å². The zero-order valence-electron chi connectivity index (χ0n) is 12.5. The van der Waals surface area contributed by atoms with Gasteiger partial charge in [-0.05, 0) is 58.6 Å². The third-order valence-corrected chi connectivity index (χ3v) is 3.90. The molecule has 0 amide bonds. The van der Waals surface area contributed by atoms with E-state index in [2.05, 4.69) is 25.2 Å². The molecule has 19 heavy (non-hydrogen) atoms. The van der Waals surface area contributed by atoms with Gasteiger partial charge in [0.1, 0.15) is 11.5 Å². The lowest BCUT2D eigenvalue weighted by atomic mass is 9.99. The minimum absolute atomic E-state index is 0.404. The molecule has 2 rings (SSSR count). The average molecular weight is 265 g/mol. The van der Waals surface area contributed by atoms with Crippen LogP contribution in [-0.2, 0) is 4.74 Å². The van der Waals surface area contributed by atoms with Crippen LogP contribution >= 0.6 is 0 Å². The molecule has 108 valence electrons.